The summed E-state index contributed by atoms with van der Waals surface area (Å²) < 4.78 is 9.69. The summed E-state index contributed by atoms with van der Waals surface area (Å²) in [5, 5.41) is 17.9. The summed E-state index contributed by atoms with van der Waals surface area (Å²) >= 11 is 5.59. The standard InChI is InChI=1S/C6H11ClO4/c1-10-6-5(9)4(8)3(7)2-11-6/h3-6,8-9H,2H2,1H3/t3-,4-,5+,6+/m0/s1. The van der Waals surface area contributed by atoms with Gasteiger partial charge in [-0.3, -0.25) is 0 Å². The van der Waals surface area contributed by atoms with Crippen molar-refractivity contribution < 1.29 is 19.7 Å². The third kappa shape index (κ3) is 1.83. The fourth-order valence-corrected chi connectivity index (χ4v) is 1.19. The van der Waals surface area contributed by atoms with Crippen LogP contribution in [0.3, 0.4) is 0 Å². The predicted molar refractivity (Wildman–Crippen MR) is 38.4 cm³/mol. The summed E-state index contributed by atoms with van der Waals surface area (Å²) in [5.74, 6) is 0. The van der Waals surface area contributed by atoms with Gasteiger partial charge in [-0.15, -0.1) is 11.6 Å². The van der Waals surface area contributed by atoms with E-state index in [2.05, 4.69) is 0 Å². The van der Waals surface area contributed by atoms with Gasteiger partial charge in [-0.1, -0.05) is 0 Å². The van der Waals surface area contributed by atoms with E-state index < -0.39 is 23.9 Å². The summed E-state index contributed by atoms with van der Waals surface area (Å²) in [6.45, 7) is 0.193. The minimum atomic E-state index is -1.06. The fourth-order valence-electron chi connectivity index (χ4n) is 0.966. The smallest absolute Gasteiger partial charge is 0.185 e. The Balaban J connectivity index is 2.52. The van der Waals surface area contributed by atoms with Crippen LogP contribution in [-0.4, -0.2) is 47.8 Å². The average Bonchev–Trinajstić information content (AvgIpc) is 2.01. The van der Waals surface area contributed by atoms with Crippen LogP contribution in [0.5, 0.6) is 0 Å². The van der Waals surface area contributed by atoms with Crippen molar-refractivity contribution >= 4 is 11.6 Å². The highest BCUT2D eigenvalue weighted by Crippen LogP contribution is 2.19. The van der Waals surface area contributed by atoms with Gasteiger partial charge in [0.05, 0.1) is 12.0 Å². The number of hydrogen-bond donors (Lipinski definition) is 2. The van der Waals surface area contributed by atoms with E-state index in [4.69, 9.17) is 21.1 Å². The fraction of sp³-hybridized carbons (Fsp3) is 1.00. The molecule has 0 saturated carbocycles. The molecule has 0 amide bonds. The summed E-state index contributed by atoms with van der Waals surface area (Å²) in [7, 11) is 1.40. The van der Waals surface area contributed by atoms with E-state index in [0.29, 0.717) is 0 Å². The Bertz CT molecular complexity index is 130. The van der Waals surface area contributed by atoms with E-state index in [9.17, 15) is 10.2 Å². The molecular weight excluding hydrogens is 172 g/mol. The number of halogens is 1. The lowest BCUT2D eigenvalue weighted by Crippen LogP contribution is -2.51. The SMILES string of the molecule is CO[C@@H]1OC[C@H](Cl)[C@H](O)[C@H]1O. The van der Waals surface area contributed by atoms with E-state index in [0.717, 1.165) is 0 Å². The van der Waals surface area contributed by atoms with Crippen molar-refractivity contribution in [3.8, 4) is 0 Å². The largest absolute Gasteiger partial charge is 0.389 e. The van der Waals surface area contributed by atoms with Crippen LogP contribution < -0.4 is 0 Å². The first-order chi connectivity index (χ1) is 5.16. The number of methoxy groups -OCH3 is 1. The van der Waals surface area contributed by atoms with Crippen LogP contribution in [0.4, 0.5) is 0 Å². The second-order valence-electron chi connectivity index (χ2n) is 2.43. The lowest BCUT2D eigenvalue weighted by atomic mass is 10.1. The first kappa shape index (κ1) is 9.22. The summed E-state index contributed by atoms with van der Waals surface area (Å²) in [6, 6.07) is 0. The third-order valence-electron chi connectivity index (χ3n) is 1.65. The molecule has 1 rings (SSSR count). The second-order valence-corrected chi connectivity index (χ2v) is 3.00. The zero-order chi connectivity index (χ0) is 8.43. The van der Waals surface area contributed by atoms with Crippen LogP contribution in [0.2, 0.25) is 0 Å². The highest BCUT2D eigenvalue weighted by atomic mass is 35.5. The number of aliphatic hydroxyl groups excluding tert-OH is 2. The molecule has 4 nitrogen and oxygen atoms in total. The zero-order valence-electron chi connectivity index (χ0n) is 6.11. The Morgan fingerprint density at radius 1 is 1.45 bits per heavy atom. The number of rotatable bonds is 1. The molecule has 1 heterocycles. The molecule has 66 valence electrons. The van der Waals surface area contributed by atoms with Crippen molar-refractivity contribution in [1.29, 1.82) is 0 Å². The van der Waals surface area contributed by atoms with Crippen molar-refractivity contribution in [3.05, 3.63) is 0 Å². The topological polar surface area (TPSA) is 58.9 Å². The maximum absolute atomic E-state index is 9.22. The zero-order valence-corrected chi connectivity index (χ0v) is 6.86. The molecular formula is C6H11ClO4. The molecule has 0 spiro atoms. The molecule has 0 bridgehead atoms. The normalized spacial score (nSPS) is 45.8. The Morgan fingerprint density at radius 2 is 2.09 bits per heavy atom. The van der Waals surface area contributed by atoms with Gasteiger partial charge in [0.2, 0.25) is 0 Å². The average molecular weight is 183 g/mol. The van der Waals surface area contributed by atoms with Crippen LogP contribution >= 0.6 is 11.6 Å². The van der Waals surface area contributed by atoms with Crippen LogP contribution in [0.25, 0.3) is 0 Å². The molecule has 0 unspecified atom stereocenters. The van der Waals surface area contributed by atoms with Gasteiger partial charge in [0.1, 0.15) is 12.2 Å². The van der Waals surface area contributed by atoms with Crippen molar-refractivity contribution in [2.75, 3.05) is 13.7 Å². The number of hydrogen-bond acceptors (Lipinski definition) is 4. The molecule has 1 aliphatic heterocycles. The van der Waals surface area contributed by atoms with Crippen LogP contribution in [-0.2, 0) is 9.47 Å². The molecule has 4 atom stereocenters. The summed E-state index contributed by atoms with van der Waals surface area (Å²) in [5.41, 5.74) is 0. The van der Waals surface area contributed by atoms with E-state index >= 15 is 0 Å². The molecule has 2 N–H and O–H groups in total. The van der Waals surface area contributed by atoms with Gasteiger partial charge in [-0.2, -0.15) is 0 Å². The number of ether oxygens (including phenoxy) is 2. The molecule has 5 heteroatoms. The van der Waals surface area contributed by atoms with Crippen molar-refractivity contribution in [1.82, 2.24) is 0 Å². The highest BCUT2D eigenvalue weighted by molar-refractivity contribution is 6.21. The van der Waals surface area contributed by atoms with Gasteiger partial charge in [-0.05, 0) is 0 Å². The highest BCUT2D eigenvalue weighted by Gasteiger charge is 2.37. The van der Waals surface area contributed by atoms with Gasteiger partial charge in [-0.25, -0.2) is 0 Å². The van der Waals surface area contributed by atoms with Gasteiger partial charge in [0, 0.05) is 7.11 Å². The summed E-state index contributed by atoms with van der Waals surface area (Å²) in [4.78, 5) is 0. The maximum atomic E-state index is 9.22. The molecule has 0 aromatic carbocycles. The van der Waals surface area contributed by atoms with Crippen molar-refractivity contribution in [3.63, 3.8) is 0 Å². The monoisotopic (exact) mass is 182 g/mol. The lowest BCUT2D eigenvalue weighted by Gasteiger charge is -2.33. The molecule has 1 aliphatic rings. The Morgan fingerprint density at radius 3 is 2.64 bits per heavy atom. The Kier molecular flexibility index (Phi) is 3.09. The van der Waals surface area contributed by atoms with Gasteiger partial charge in [0.15, 0.2) is 6.29 Å². The van der Waals surface area contributed by atoms with E-state index in [1.807, 2.05) is 0 Å². The van der Waals surface area contributed by atoms with E-state index in [1.54, 1.807) is 0 Å². The van der Waals surface area contributed by atoms with E-state index in [-0.39, 0.29) is 6.61 Å². The second kappa shape index (κ2) is 3.69. The molecule has 0 aromatic rings. The molecule has 0 aliphatic carbocycles. The van der Waals surface area contributed by atoms with Gasteiger partial charge in [0.25, 0.3) is 0 Å². The number of aliphatic hydroxyl groups is 2. The first-order valence-electron chi connectivity index (χ1n) is 3.31. The summed E-state index contributed by atoms with van der Waals surface area (Å²) in [6.07, 6.45) is -2.80. The Labute approximate surface area is 69.7 Å². The molecule has 0 aromatic heterocycles. The third-order valence-corrected chi connectivity index (χ3v) is 2.04. The van der Waals surface area contributed by atoms with Crippen LogP contribution in [0.1, 0.15) is 0 Å². The molecule has 0 radical (unpaired) electrons. The van der Waals surface area contributed by atoms with Crippen molar-refractivity contribution in [2.45, 2.75) is 23.9 Å². The van der Waals surface area contributed by atoms with E-state index in [1.165, 1.54) is 7.11 Å². The minimum Gasteiger partial charge on any atom is -0.389 e. The van der Waals surface area contributed by atoms with Crippen molar-refractivity contribution in [2.24, 2.45) is 0 Å². The van der Waals surface area contributed by atoms with Gasteiger partial charge < -0.3 is 19.7 Å². The first-order valence-corrected chi connectivity index (χ1v) is 3.75. The quantitative estimate of drug-likeness (QED) is 0.528. The molecule has 1 fully saturated rings. The molecule has 1 saturated heterocycles. The predicted octanol–water partition coefficient (Wildman–Crippen LogP) is -0.682. The lowest BCUT2D eigenvalue weighted by molar-refractivity contribution is -0.230. The van der Waals surface area contributed by atoms with Gasteiger partial charge >= 0.3 is 0 Å². The minimum absolute atomic E-state index is 0.193. The maximum Gasteiger partial charge on any atom is 0.185 e. The van der Waals surface area contributed by atoms with Crippen LogP contribution in [0.15, 0.2) is 0 Å². The number of alkyl halides is 1. The Hall–Kier alpha value is 0.130. The molecule has 11 heavy (non-hydrogen) atoms. The van der Waals surface area contributed by atoms with Crippen LogP contribution in [0, 0.1) is 0 Å².